The highest BCUT2D eigenvalue weighted by atomic mass is 16.5. The third kappa shape index (κ3) is 4.62. The Balaban J connectivity index is 1.69. The number of methoxy groups -OCH3 is 2. The maximum Gasteiger partial charge on any atom is 0.409 e. The fraction of sp³-hybridized carbons (Fsp3) is 0.417. The molecule has 0 bridgehead atoms. The van der Waals surface area contributed by atoms with E-state index in [1.807, 2.05) is 19.2 Å². The Labute approximate surface area is 191 Å². The van der Waals surface area contributed by atoms with Gasteiger partial charge in [0.1, 0.15) is 11.6 Å². The lowest BCUT2D eigenvalue weighted by molar-refractivity contribution is -0.142. The lowest BCUT2D eigenvalue weighted by Crippen LogP contribution is -2.18. The molecule has 2 N–H and O–H groups in total. The average Bonchev–Trinajstić information content (AvgIpc) is 3.20. The zero-order valence-electron chi connectivity index (χ0n) is 19.0. The Bertz CT molecular complexity index is 1180. The predicted octanol–water partition coefficient (Wildman–Crippen LogP) is 4.64. The van der Waals surface area contributed by atoms with Gasteiger partial charge in [-0.05, 0) is 50.7 Å². The molecule has 4 rings (SSSR count). The summed E-state index contributed by atoms with van der Waals surface area (Å²) < 4.78 is 12.3. The zero-order valence-corrected chi connectivity index (χ0v) is 19.0. The summed E-state index contributed by atoms with van der Waals surface area (Å²) in [5.41, 5.74) is 3.76. The smallest absolute Gasteiger partial charge is 0.409 e. The molecular formula is C24H28N4O5. The van der Waals surface area contributed by atoms with Gasteiger partial charge in [0.2, 0.25) is 0 Å². The summed E-state index contributed by atoms with van der Waals surface area (Å²) >= 11 is 0. The second-order valence-corrected chi connectivity index (χ2v) is 8.39. The van der Waals surface area contributed by atoms with Crippen LogP contribution in [-0.4, -0.2) is 45.8 Å². The number of imidazole rings is 1. The molecule has 0 saturated heterocycles. The van der Waals surface area contributed by atoms with Gasteiger partial charge in [-0.1, -0.05) is 6.07 Å². The maximum atomic E-state index is 11.6. The van der Waals surface area contributed by atoms with Crippen LogP contribution in [0.4, 0.5) is 10.5 Å². The van der Waals surface area contributed by atoms with Crippen LogP contribution < -0.4 is 10.1 Å². The monoisotopic (exact) mass is 452 g/mol. The number of nitrogens with one attached hydrogen (secondary N) is 1. The molecule has 0 aliphatic heterocycles. The molecule has 2 aromatic heterocycles. The molecule has 1 aliphatic rings. The topological polar surface area (TPSA) is 115 Å². The highest BCUT2D eigenvalue weighted by molar-refractivity contribution is 5.88. The predicted molar refractivity (Wildman–Crippen MR) is 123 cm³/mol. The number of rotatable bonds is 6. The summed E-state index contributed by atoms with van der Waals surface area (Å²) in [4.78, 5) is 32.2. The van der Waals surface area contributed by atoms with Gasteiger partial charge in [-0.15, -0.1) is 0 Å². The van der Waals surface area contributed by atoms with E-state index >= 15 is 0 Å². The summed E-state index contributed by atoms with van der Waals surface area (Å²) in [6.07, 6.45) is 6.84. The third-order valence-electron chi connectivity index (χ3n) is 6.38. The van der Waals surface area contributed by atoms with Gasteiger partial charge < -0.3 is 14.6 Å². The highest BCUT2D eigenvalue weighted by Crippen LogP contribution is 2.40. The highest BCUT2D eigenvalue weighted by Gasteiger charge is 2.28. The zero-order chi connectivity index (χ0) is 23.5. The Kier molecular flexibility index (Phi) is 6.48. The minimum Gasteiger partial charge on any atom is -0.495 e. The van der Waals surface area contributed by atoms with Crippen molar-refractivity contribution in [3.8, 4) is 17.0 Å². The van der Waals surface area contributed by atoms with E-state index in [0.717, 1.165) is 54.0 Å². The minimum absolute atomic E-state index is 0.150. The molecular weight excluding hydrogens is 424 g/mol. The van der Waals surface area contributed by atoms with E-state index in [-0.39, 0.29) is 11.9 Å². The molecule has 0 unspecified atom stereocenters. The summed E-state index contributed by atoms with van der Waals surface area (Å²) in [5.74, 6) is 1.87. The summed E-state index contributed by atoms with van der Waals surface area (Å²) in [6.45, 7) is 1.95. The van der Waals surface area contributed by atoms with Crippen LogP contribution in [0.1, 0.15) is 49.5 Å². The molecule has 1 aliphatic carbocycles. The van der Waals surface area contributed by atoms with Gasteiger partial charge in [0.15, 0.2) is 0 Å². The molecule has 33 heavy (non-hydrogen) atoms. The lowest BCUT2D eigenvalue weighted by atomic mass is 9.80. The summed E-state index contributed by atoms with van der Waals surface area (Å²) in [5, 5.41) is 11.4. The van der Waals surface area contributed by atoms with Crippen LogP contribution in [0, 0.1) is 12.8 Å². The van der Waals surface area contributed by atoms with Crippen molar-refractivity contribution in [2.24, 2.45) is 5.92 Å². The van der Waals surface area contributed by atoms with Crippen LogP contribution in [-0.2, 0) is 9.53 Å². The Hall–Kier alpha value is -3.62. The van der Waals surface area contributed by atoms with Gasteiger partial charge in [0.25, 0.3) is 0 Å². The fourth-order valence-corrected chi connectivity index (χ4v) is 4.71. The molecule has 1 aromatic carbocycles. The number of amides is 1. The van der Waals surface area contributed by atoms with E-state index in [0.29, 0.717) is 23.8 Å². The number of ether oxygens (including phenoxy) is 2. The number of benzene rings is 1. The van der Waals surface area contributed by atoms with Crippen LogP contribution in [0.2, 0.25) is 0 Å². The van der Waals surface area contributed by atoms with Crippen molar-refractivity contribution in [1.82, 2.24) is 14.4 Å². The molecule has 0 radical (unpaired) electrons. The van der Waals surface area contributed by atoms with Gasteiger partial charge in [-0.3, -0.25) is 19.5 Å². The number of aromatic nitrogens is 3. The van der Waals surface area contributed by atoms with E-state index < -0.39 is 6.09 Å². The SMILES string of the molecule is COC(=O)C[C@H]1CC[C@H](c2nc(-c3ccc(NC(=O)O)c(OC)c3)c3c(C)nccn32)CC1. The maximum absolute atomic E-state index is 11.6. The number of carbonyl (C=O) groups excluding carboxylic acids is 1. The number of carboxylic acid groups (broad SMARTS) is 1. The number of anilines is 1. The number of aryl methyl sites for hydroxylation is 1. The lowest BCUT2D eigenvalue weighted by Gasteiger charge is -2.27. The van der Waals surface area contributed by atoms with Crippen LogP contribution in [0.5, 0.6) is 5.75 Å². The number of fused-ring (bicyclic) bond motifs is 1. The molecule has 1 saturated carbocycles. The molecule has 2 heterocycles. The van der Waals surface area contributed by atoms with Gasteiger partial charge in [-0.2, -0.15) is 0 Å². The van der Waals surface area contributed by atoms with Crippen LogP contribution >= 0.6 is 0 Å². The van der Waals surface area contributed by atoms with E-state index in [1.54, 1.807) is 18.3 Å². The Morgan fingerprint density at radius 2 is 1.97 bits per heavy atom. The first-order valence-electron chi connectivity index (χ1n) is 11.0. The van der Waals surface area contributed by atoms with E-state index in [2.05, 4.69) is 14.7 Å². The number of nitrogens with zero attached hydrogens (tertiary/aromatic N) is 3. The number of hydrogen-bond donors (Lipinski definition) is 2. The number of esters is 1. The molecule has 0 spiro atoms. The van der Waals surface area contributed by atoms with Gasteiger partial charge in [0, 0.05) is 30.3 Å². The standard InChI is InChI=1S/C24H28N4O5/c1-14-22-21(17-8-9-18(26-24(30)31)19(13-17)32-2)27-23(28(22)11-10-25-14)16-6-4-15(5-7-16)12-20(29)33-3/h8-11,13,15-16,26H,4-7,12H2,1-3H3,(H,30,31)/t15-,16-. The largest absolute Gasteiger partial charge is 0.495 e. The third-order valence-corrected chi connectivity index (χ3v) is 6.38. The fourth-order valence-electron chi connectivity index (χ4n) is 4.71. The molecule has 3 aromatic rings. The Morgan fingerprint density at radius 1 is 1.21 bits per heavy atom. The first-order valence-corrected chi connectivity index (χ1v) is 11.0. The molecule has 0 atom stereocenters. The number of hydrogen-bond acceptors (Lipinski definition) is 6. The van der Waals surface area contributed by atoms with Crippen LogP contribution in [0.3, 0.4) is 0 Å². The first kappa shape index (κ1) is 22.6. The quantitative estimate of drug-likeness (QED) is 0.524. The summed E-state index contributed by atoms with van der Waals surface area (Å²) in [6, 6.07) is 5.30. The van der Waals surface area contributed by atoms with E-state index in [1.165, 1.54) is 14.2 Å². The molecule has 1 fully saturated rings. The van der Waals surface area contributed by atoms with Crippen LogP contribution in [0.15, 0.2) is 30.6 Å². The molecule has 9 heteroatoms. The van der Waals surface area contributed by atoms with Crippen LogP contribution in [0.25, 0.3) is 16.8 Å². The van der Waals surface area contributed by atoms with Crippen molar-refractivity contribution < 1.29 is 24.2 Å². The summed E-state index contributed by atoms with van der Waals surface area (Å²) in [7, 11) is 2.93. The van der Waals surface area contributed by atoms with Gasteiger partial charge >= 0.3 is 12.1 Å². The van der Waals surface area contributed by atoms with Crippen molar-refractivity contribution in [2.75, 3.05) is 19.5 Å². The molecule has 9 nitrogen and oxygen atoms in total. The minimum atomic E-state index is -1.15. The van der Waals surface area contributed by atoms with Crippen molar-refractivity contribution in [3.63, 3.8) is 0 Å². The van der Waals surface area contributed by atoms with E-state index in [4.69, 9.17) is 19.6 Å². The van der Waals surface area contributed by atoms with Crippen molar-refractivity contribution in [1.29, 1.82) is 0 Å². The normalized spacial score (nSPS) is 18.2. The first-order chi connectivity index (χ1) is 15.9. The van der Waals surface area contributed by atoms with Crippen molar-refractivity contribution in [2.45, 2.75) is 44.9 Å². The van der Waals surface area contributed by atoms with Crippen molar-refractivity contribution in [3.05, 3.63) is 42.1 Å². The second kappa shape index (κ2) is 9.48. The number of carbonyl (C=O) groups is 2. The molecule has 1 amide bonds. The Morgan fingerprint density at radius 3 is 2.64 bits per heavy atom. The van der Waals surface area contributed by atoms with Gasteiger partial charge in [-0.25, -0.2) is 9.78 Å². The van der Waals surface area contributed by atoms with Gasteiger partial charge in [0.05, 0.1) is 36.8 Å². The van der Waals surface area contributed by atoms with E-state index in [9.17, 15) is 9.59 Å². The van der Waals surface area contributed by atoms with Crippen molar-refractivity contribution >= 4 is 23.3 Å². The molecule has 174 valence electrons. The average molecular weight is 453 g/mol. The second-order valence-electron chi connectivity index (χ2n) is 8.39.